The van der Waals surface area contributed by atoms with Gasteiger partial charge in [-0.1, -0.05) is 31.5 Å². The fourth-order valence-electron chi connectivity index (χ4n) is 2.06. The van der Waals surface area contributed by atoms with Crippen molar-refractivity contribution in [1.82, 2.24) is 5.32 Å². The van der Waals surface area contributed by atoms with E-state index in [4.69, 9.17) is 0 Å². The van der Waals surface area contributed by atoms with Crippen molar-refractivity contribution in [3.05, 3.63) is 29.3 Å². The number of carbonyl (C=O) groups excluding carboxylic acids is 1. The summed E-state index contributed by atoms with van der Waals surface area (Å²) in [5.41, 5.74) is 3.20. The number of aryl methyl sites for hydroxylation is 1. The van der Waals surface area contributed by atoms with Crippen molar-refractivity contribution in [3.63, 3.8) is 0 Å². The number of anilines is 1. The first kappa shape index (κ1) is 11.1. The largest absolute Gasteiger partial charge is 0.324 e. The summed E-state index contributed by atoms with van der Waals surface area (Å²) in [6.07, 6.45) is 2.24. The molecule has 1 heterocycles. The SMILES string of the molecule is CCCCNC1C(=O)Nc2c(C)cccc21. The molecule has 16 heavy (non-hydrogen) atoms. The number of fused-ring (bicyclic) bond motifs is 1. The van der Waals surface area contributed by atoms with Gasteiger partial charge in [-0.25, -0.2) is 0 Å². The minimum Gasteiger partial charge on any atom is -0.324 e. The Bertz CT molecular complexity index is 401. The van der Waals surface area contributed by atoms with Gasteiger partial charge >= 0.3 is 0 Å². The summed E-state index contributed by atoms with van der Waals surface area (Å²) in [6.45, 7) is 5.06. The molecule has 86 valence electrons. The van der Waals surface area contributed by atoms with E-state index in [9.17, 15) is 4.79 Å². The molecule has 0 radical (unpaired) electrons. The summed E-state index contributed by atoms with van der Waals surface area (Å²) in [5, 5.41) is 6.24. The number of hydrogen-bond donors (Lipinski definition) is 2. The third kappa shape index (κ3) is 1.95. The molecule has 2 rings (SSSR count). The highest BCUT2D eigenvalue weighted by Crippen LogP contribution is 2.33. The first-order chi connectivity index (χ1) is 7.74. The van der Waals surface area contributed by atoms with E-state index < -0.39 is 0 Å². The van der Waals surface area contributed by atoms with Gasteiger partial charge in [0.15, 0.2) is 0 Å². The smallest absolute Gasteiger partial charge is 0.246 e. The van der Waals surface area contributed by atoms with Crippen LogP contribution in [0.25, 0.3) is 0 Å². The van der Waals surface area contributed by atoms with Gasteiger partial charge in [-0.2, -0.15) is 0 Å². The Hall–Kier alpha value is -1.35. The Labute approximate surface area is 96.2 Å². The van der Waals surface area contributed by atoms with Crippen LogP contribution in [0.2, 0.25) is 0 Å². The van der Waals surface area contributed by atoms with Crippen LogP contribution in [0.4, 0.5) is 5.69 Å². The fourth-order valence-corrected chi connectivity index (χ4v) is 2.06. The molecule has 0 aromatic heterocycles. The molecule has 3 nitrogen and oxygen atoms in total. The Balaban J connectivity index is 2.16. The summed E-state index contributed by atoms with van der Waals surface area (Å²) >= 11 is 0. The van der Waals surface area contributed by atoms with Crippen LogP contribution in [-0.2, 0) is 4.79 Å². The fraction of sp³-hybridized carbons (Fsp3) is 0.462. The van der Waals surface area contributed by atoms with Crippen molar-refractivity contribution in [2.75, 3.05) is 11.9 Å². The highest BCUT2D eigenvalue weighted by atomic mass is 16.2. The van der Waals surface area contributed by atoms with Gasteiger partial charge in [-0.3, -0.25) is 4.79 Å². The Morgan fingerprint density at radius 2 is 2.25 bits per heavy atom. The van der Waals surface area contributed by atoms with Crippen molar-refractivity contribution in [3.8, 4) is 0 Å². The lowest BCUT2D eigenvalue weighted by Gasteiger charge is -2.10. The molecule has 1 aliphatic rings. The molecule has 0 spiro atoms. The number of carbonyl (C=O) groups is 1. The molecule has 1 amide bonds. The predicted octanol–water partition coefficient (Wildman–Crippen LogP) is 2.38. The topological polar surface area (TPSA) is 41.1 Å². The monoisotopic (exact) mass is 218 g/mol. The highest BCUT2D eigenvalue weighted by Gasteiger charge is 2.30. The number of benzene rings is 1. The lowest BCUT2D eigenvalue weighted by atomic mass is 10.1. The minimum absolute atomic E-state index is 0.0698. The van der Waals surface area contributed by atoms with E-state index in [0.29, 0.717) is 0 Å². The van der Waals surface area contributed by atoms with Gasteiger partial charge in [0.2, 0.25) is 5.91 Å². The molecule has 1 unspecified atom stereocenters. The number of nitrogens with one attached hydrogen (secondary N) is 2. The maximum absolute atomic E-state index is 11.8. The Morgan fingerprint density at radius 3 is 3.00 bits per heavy atom. The molecule has 0 fully saturated rings. The van der Waals surface area contributed by atoms with Crippen LogP contribution in [-0.4, -0.2) is 12.5 Å². The van der Waals surface area contributed by atoms with Crippen LogP contribution >= 0.6 is 0 Å². The average Bonchev–Trinajstić information content (AvgIpc) is 2.58. The second-order valence-corrected chi connectivity index (χ2v) is 4.27. The van der Waals surface area contributed by atoms with E-state index in [0.717, 1.165) is 36.2 Å². The molecular formula is C13H18N2O. The van der Waals surface area contributed by atoms with Crippen LogP contribution in [0.15, 0.2) is 18.2 Å². The van der Waals surface area contributed by atoms with Gasteiger partial charge in [0, 0.05) is 11.3 Å². The number of unbranched alkanes of at least 4 members (excludes halogenated alkanes) is 1. The second-order valence-electron chi connectivity index (χ2n) is 4.27. The summed E-state index contributed by atoms with van der Waals surface area (Å²) in [4.78, 5) is 11.8. The number of amides is 1. The van der Waals surface area contributed by atoms with E-state index in [1.54, 1.807) is 0 Å². The summed E-state index contributed by atoms with van der Waals surface area (Å²) < 4.78 is 0. The van der Waals surface area contributed by atoms with Gasteiger partial charge in [0.1, 0.15) is 6.04 Å². The van der Waals surface area contributed by atoms with Crippen LogP contribution < -0.4 is 10.6 Å². The van der Waals surface area contributed by atoms with Crippen molar-refractivity contribution in [1.29, 1.82) is 0 Å². The van der Waals surface area contributed by atoms with Gasteiger partial charge < -0.3 is 10.6 Å². The first-order valence-electron chi connectivity index (χ1n) is 5.87. The van der Waals surface area contributed by atoms with E-state index in [2.05, 4.69) is 17.6 Å². The molecule has 1 atom stereocenters. The molecule has 3 heteroatoms. The maximum atomic E-state index is 11.8. The number of hydrogen-bond acceptors (Lipinski definition) is 2. The van der Waals surface area contributed by atoms with E-state index >= 15 is 0 Å². The molecular weight excluding hydrogens is 200 g/mol. The molecule has 0 bridgehead atoms. The van der Waals surface area contributed by atoms with Crippen LogP contribution in [0.3, 0.4) is 0 Å². The normalized spacial score (nSPS) is 18.4. The van der Waals surface area contributed by atoms with Gasteiger partial charge in [0.25, 0.3) is 0 Å². The summed E-state index contributed by atoms with van der Waals surface area (Å²) in [6, 6.07) is 5.88. The molecule has 0 saturated carbocycles. The van der Waals surface area contributed by atoms with Crippen molar-refractivity contribution in [2.45, 2.75) is 32.7 Å². The van der Waals surface area contributed by atoms with Crippen LogP contribution in [0.1, 0.15) is 36.9 Å². The molecule has 2 N–H and O–H groups in total. The first-order valence-corrected chi connectivity index (χ1v) is 5.87. The second kappa shape index (κ2) is 4.66. The molecule has 0 saturated heterocycles. The lowest BCUT2D eigenvalue weighted by Crippen LogP contribution is -2.28. The zero-order valence-corrected chi connectivity index (χ0v) is 9.84. The zero-order chi connectivity index (χ0) is 11.5. The van der Waals surface area contributed by atoms with Crippen LogP contribution in [0.5, 0.6) is 0 Å². The van der Waals surface area contributed by atoms with Crippen molar-refractivity contribution >= 4 is 11.6 Å². The molecule has 0 aliphatic carbocycles. The lowest BCUT2D eigenvalue weighted by molar-refractivity contribution is -0.117. The third-order valence-corrected chi connectivity index (χ3v) is 3.01. The van der Waals surface area contributed by atoms with Crippen LogP contribution in [0, 0.1) is 6.92 Å². The Kier molecular flexibility index (Phi) is 3.25. The zero-order valence-electron chi connectivity index (χ0n) is 9.84. The van der Waals surface area contributed by atoms with Gasteiger partial charge in [-0.15, -0.1) is 0 Å². The third-order valence-electron chi connectivity index (χ3n) is 3.01. The standard InChI is InChI=1S/C13H18N2O/c1-3-4-8-14-12-10-7-5-6-9(2)11(10)15-13(12)16/h5-7,12,14H,3-4,8H2,1-2H3,(H,15,16). The summed E-state index contributed by atoms with van der Waals surface area (Å²) in [7, 11) is 0. The van der Waals surface area contributed by atoms with Gasteiger partial charge in [-0.05, 0) is 25.5 Å². The molecule has 1 aliphatic heterocycles. The highest BCUT2D eigenvalue weighted by molar-refractivity contribution is 6.03. The number of rotatable bonds is 4. The summed E-state index contributed by atoms with van der Waals surface area (Å²) in [5.74, 6) is 0.0698. The Morgan fingerprint density at radius 1 is 1.44 bits per heavy atom. The van der Waals surface area contributed by atoms with Gasteiger partial charge in [0.05, 0.1) is 0 Å². The maximum Gasteiger partial charge on any atom is 0.246 e. The van der Waals surface area contributed by atoms with E-state index in [-0.39, 0.29) is 11.9 Å². The van der Waals surface area contributed by atoms with Crippen molar-refractivity contribution < 1.29 is 4.79 Å². The van der Waals surface area contributed by atoms with E-state index in [1.807, 2.05) is 25.1 Å². The van der Waals surface area contributed by atoms with E-state index in [1.165, 1.54) is 0 Å². The van der Waals surface area contributed by atoms with Crippen molar-refractivity contribution in [2.24, 2.45) is 0 Å². The number of para-hydroxylation sites is 1. The predicted molar refractivity (Wildman–Crippen MR) is 65.5 cm³/mol. The average molecular weight is 218 g/mol. The minimum atomic E-state index is -0.165. The quantitative estimate of drug-likeness (QED) is 0.762. The molecule has 1 aromatic rings. The molecule has 1 aromatic carbocycles.